The normalized spacial score (nSPS) is 16.2. The van der Waals surface area contributed by atoms with Crippen LogP contribution in [0.2, 0.25) is 0 Å². The van der Waals surface area contributed by atoms with Crippen molar-refractivity contribution < 1.29 is 23.7 Å². The molecule has 2 aliphatic rings. The molecule has 1 unspecified atom stereocenters. The Morgan fingerprint density at radius 2 is 1.87 bits per heavy atom. The minimum absolute atomic E-state index is 0.0660. The van der Waals surface area contributed by atoms with Gasteiger partial charge in [0.25, 0.3) is 5.56 Å². The average molecular weight is 515 g/mol. The minimum atomic E-state index is -0.348. The van der Waals surface area contributed by atoms with Gasteiger partial charge in [-0.3, -0.25) is 14.6 Å². The van der Waals surface area contributed by atoms with Gasteiger partial charge in [-0.25, -0.2) is 4.98 Å². The van der Waals surface area contributed by atoms with Crippen LogP contribution in [0.5, 0.6) is 23.0 Å². The van der Waals surface area contributed by atoms with Gasteiger partial charge in [0.05, 0.1) is 19.6 Å². The van der Waals surface area contributed by atoms with Crippen molar-refractivity contribution in [1.29, 1.82) is 0 Å². The molecule has 194 valence electrons. The number of carbonyl (C=O) groups excluding carboxylic acids is 1. The molecule has 0 amide bonds. The summed E-state index contributed by atoms with van der Waals surface area (Å²) in [6.45, 7) is 1.45. The number of methoxy groups -OCH3 is 2. The summed E-state index contributed by atoms with van der Waals surface area (Å²) in [5.74, 6) is 2.78. The van der Waals surface area contributed by atoms with E-state index in [9.17, 15) is 9.59 Å². The largest absolute Gasteiger partial charge is 0.497 e. The number of ketones is 1. The Hall–Kier alpha value is -4.60. The molecule has 38 heavy (non-hydrogen) atoms. The fourth-order valence-corrected chi connectivity index (χ4v) is 5.11. The molecular weight excluding hydrogens is 488 g/mol. The van der Waals surface area contributed by atoms with E-state index >= 15 is 0 Å². The zero-order chi connectivity index (χ0) is 26.2. The van der Waals surface area contributed by atoms with E-state index in [1.807, 2.05) is 30.3 Å². The topological polar surface area (TPSA) is 125 Å². The Morgan fingerprint density at radius 3 is 2.68 bits per heavy atom. The molecule has 2 N–H and O–H groups in total. The van der Waals surface area contributed by atoms with Gasteiger partial charge in [0.2, 0.25) is 5.95 Å². The summed E-state index contributed by atoms with van der Waals surface area (Å²) in [6.07, 6.45) is 2.30. The molecule has 0 saturated heterocycles. The monoisotopic (exact) mass is 514 g/mol. The van der Waals surface area contributed by atoms with Crippen molar-refractivity contribution in [2.24, 2.45) is 0 Å². The SMILES string of the molecule is COc1ccc(C2CC(=O)c3cnc4nc(NCc5ccc6c(c5)OCCO6)[nH]c(=O)c4c3C2)c(OC)c1. The van der Waals surface area contributed by atoms with Crippen LogP contribution in [0.1, 0.15) is 39.4 Å². The Balaban J connectivity index is 1.30. The van der Waals surface area contributed by atoms with Gasteiger partial charge in [0.15, 0.2) is 22.9 Å². The molecule has 0 spiro atoms. The number of carbonyl (C=O) groups is 1. The van der Waals surface area contributed by atoms with Crippen molar-refractivity contribution in [3.8, 4) is 23.0 Å². The van der Waals surface area contributed by atoms with Crippen LogP contribution >= 0.6 is 0 Å². The number of aromatic nitrogens is 3. The highest BCUT2D eigenvalue weighted by Gasteiger charge is 2.31. The standard InChI is InChI=1S/C28H26N4O6/c1-35-17-4-5-18(23(12-17)36-2)16-10-19-20(21(33)11-16)14-29-26-25(19)27(34)32-28(31-26)30-13-15-3-6-22-24(9-15)38-8-7-37-22/h3-6,9,12,14,16H,7-8,10-11,13H2,1-2H3,(H2,29,30,31,32,34). The zero-order valence-electron chi connectivity index (χ0n) is 21.0. The van der Waals surface area contributed by atoms with Crippen LogP contribution in [0.25, 0.3) is 11.0 Å². The van der Waals surface area contributed by atoms with Gasteiger partial charge < -0.3 is 24.3 Å². The van der Waals surface area contributed by atoms with Crippen LogP contribution in [0.15, 0.2) is 47.4 Å². The molecule has 1 atom stereocenters. The lowest BCUT2D eigenvalue weighted by Crippen LogP contribution is -2.23. The van der Waals surface area contributed by atoms with Crippen molar-refractivity contribution in [3.63, 3.8) is 0 Å². The number of aromatic amines is 1. The lowest BCUT2D eigenvalue weighted by atomic mass is 9.79. The Bertz CT molecular complexity index is 1620. The van der Waals surface area contributed by atoms with Gasteiger partial charge in [-0.1, -0.05) is 12.1 Å². The molecule has 0 saturated carbocycles. The fourth-order valence-electron chi connectivity index (χ4n) is 5.11. The summed E-state index contributed by atoms with van der Waals surface area (Å²) < 4.78 is 22.1. The second-order valence-corrected chi connectivity index (χ2v) is 9.23. The summed E-state index contributed by atoms with van der Waals surface area (Å²) in [6, 6.07) is 11.2. The Labute approximate surface area is 217 Å². The second kappa shape index (κ2) is 9.70. The molecule has 2 aromatic heterocycles. The van der Waals surface area contributed by atoms with E-state index in [-0.39, 0.29) is 22.9 Å². The quantitative estimate of drug-likeness (QED) is 0.397. The predicted molar refractivity (Wildman–Crippen MR) is 140 cm³/mol. The van der Waals surface area contributed by atoms with Crippen LogP contribution in [-0.4, -0.2) is 48.2 Å². The van der Waals surface area contributed by atoms with Crippen molar-refractivity contribution in [2.45, 2.75) is 25.3 Å². The number of benzene rings is 2. The molecular formula is C28H26N4O6. The minimum Gasteiger partial charge on any atom is -0.497 e. The third-order valence-corrected chi connectivity index (χ3v) is 6.97. The third kappa shape index (κ3) is 4.27. The molecule has 1 aliphatic heterocycles. The first-order valence-electron chi connectivity index (χ1n) is 12.3. The first-order valence-corrected chi connectivity index (χ1v) is 12.3. The van der Waals surface area contributed by atoms with Gasteiger partial charge in [0, 0.05) is 30.8 Å². The Kier molecular flexibility index (Phi) is 6.07. The van der Waals surface area contributed by atoms with Crippen LogP contribution < -0.4 is 29.8 Å². The molecule has 6 rings (SSSR count). The maximum absolute atomic E-state index is 13.3. The number of Topliss-reactive ketones (excluding diaryl/α,β-unsaturated/α-hetero) is 1. The van der Waals surface area contributed by atoms with E-state index in [2.05, 4.69) is 20.3 Å². The molecule has 0 fully saturated rings. The fraction of sp³-hybridized carbons (Fsp3) is 0.286. The van der Waals surface area contributed by atoms with Crippen LogP contribution in [0.4, 0.5) is 5.95 Å². The summed E-state index contributed by atoms with van der Waals surface area (Å²) >= 11 is 0. The van der Waals surface area contributed by atoms with Gasteiger partial charge in [-0.05, 0) is 47.2 Å². The maximum Gasteiger partial charge on any atom is 0.262 e. The molecule has 4 aromatic rings. The summed E-state index contributed by atoms with van der Waals surface area (Å²) in [5, 5.41) is 3.48. The summed E-state index contributed by atoms with van der Waals surface area (Å²) in [7, 11) is 3.18. The number of fused-ring (bicyclic) bond motifs is 4. The number of nitrogens with zero attached hydrogens (tertiary/aromatic N) is 2. The Morgan fingerprint density at radius 1 is 1.03 bits per heavy atom. The number of H-pyrrole nitrogens is 1. The molecule has 3 heterocycles. The van der Waals surface area contributed by atoms with Crippen LogP contribution in [0, 0.1) is 0 Å². The molecule has 10 nitrogen and oxygen atoms in total. The van der Waals surface area contributed by atoms with Crippen LogP contribution in [-0.2, 0) is 13.0 Å². The highest BCUT2D eigenvalue weighted by atomic mass is 16.6. The van der Waals surface area contributed by atoms with Crippen molar-refractivity contribution in [3.05, 3.63) is 75.2 Å². The van der Waals surface area contributed by atoms with Crippen molar-refractivity contribution >= 4 is 22.8 Å². The smallest absolute Gasteiger partial charge is 0.262 e. The number of hydrogen-bond donors (Lipinski definition) is 2. The summed E-state index contributed by atoms with van der Waals surface area (Å²) in [5.41, 5.74) is 2.88. The van der Waals surface area contributed by atoms with E-state index in [0.717, 1.165) is 11.1 Å². The van der Waals surface area contributed by atoms with Gasteiger partial charge >= 0.3 is 0 Å². The second-order valence-electron chi connectivity index (χ2n) is 9.23. The first-order chi connectivity index (χ1) is 18.5. The first kappa shape index (κ1) is 23.8. The highest BCUT2D eigenvalue weighted by molar-refractivity contribution is 6.02. The molecule has 0 bridgehead atoms. The number of ether oxygens (including phenoxy) is 4. The third-order valence-electron chi connectivity index (χ3n) is 6.97. The number of pyridine rings is 1. The molecule has 0 radical (unpaired) electrons. The van der Waals surface area contributed by atoms with E-state index in [0.29, 0.717) is 78.1 Å². The highest BCUT2D eigenvalue weighted by Crippen LogP contribution is 2.39. The average Bonchev–Trinajstić information content (AvgIpc) is 2.95. The number of anilines is 1. The number of nitrogens with one attached hydrogen (secondary N) is 2. The van der Waals surface area contributed by atoms with Gasteiger partial charge in [-0.15, -0.1) is 0 Å². The number of rotatable bonds is 6. The van der Waals surface area contributed by atoms with Crippen LogP contribution in [0.3, 0.4) is 0 Å². The van der Waals surface area contributed by atoms with E-state index in [1.165, 1.54) is 6.20 Å². The van der Waals surface area contributed by atoms with Gasteiger partial charge in [0.1, 0.15) is 24.7 Å². The van der Waals surface area contributed by atoms with Crippen molar-refractivity contribution in [2.75, 3.05) is 32.8 Å². The molecule has 2 aromatic carbocycles. The van der Waals surface area contributed by atoms with Crippen molar-refractivity contribution in [1.82, 2.24) is 15.0 Å². The zero-order valence-corrected chi connectivity index (χ0v) is 21.0. The van der Waals surface area contributed by atoms with E-state index in [4.69, 9.17) is 18.9 Å². The van der Waals surface area contributed by atoms with E-state index in [1.54, 1.807) is 20.3 Å². The van der Waals surface area contributed by atoms with E-state index < -0.39 is 0 Å². The molecule has 1 aliphatic carbocycles. The molecule has 10 heteroatoms. The van der Waals surface area contributed by atoms with Gasteiger partial charge in [-0.2, -0.15) is 4.98 Å². The number of hydrogen-bond acceptors (Lipinski definition) is 9. The predicted octanol–water partition coefficient (Wildman–Crippen LogP) is 3.63. The lowest BCUT2D eigenvalue weighted by Gasteiger charge is -2.26. The lowest BCUT2D eigenvalue weighted by molar-refractivity contribution is 0.0964. The summed E-state index contributed by atoms with van der Waals surface area (Å²) in [4.78, 5) is 38.1. The maximum atomic E-state index is 13.3.